The molecular formula is C27H24FN5O3. The number of imidazole rings is 1. The SMILES string of the molecule is Cc1cn(-c2ccc(C=C3CC4(COC4)CN4C3=NOCC4c3ccc(F)cc3)c3ncoc23)cn1. The van der Waals surface area contributed by atoms with E-state index in [0.29, 0.717) is 25.4 Å². The molecule has 1 spiro atoms. The van der Waals surface area contributed by atoms with Gasteiger partial charge in [0.25, 0.3) is 0 Å². The molecule has 8 nitrogen and oxygen atoms in total. The highest BCUT2D eigenvalue weighted by molar-refractivity contribution is 6.05. The molecule has 0 aliphatic carbocycles. The molecule has 2 saturated heterocycles. The second-order valence-corrected chi connectivity index (χ2v) is 9.87. The van der Waals surface area contributed by atoms with Crippen LogP contribution in [-0.4, -0.2) is 51.6 Å². The number of halogens is 1. The first kappa shape index (κ1) is 21.3. The van der Waals surface area contributed by atoms with Gasteiger partial charge in [-0.1, -0.05) is 23.4 Å². The first-order chi connectivity index (χ1) is 17.6. The molecule has 2 aromatic carbocycles. The molecule has 2 fully saturated rings. The first-order valence-corrected chi connectivity index (χ1v) is 12.0. The minimum Gasteiger partial charge on any atom is -0.441 e. The molecule has 182 valence electrons. The van der Waals surface area contributed by atoms with E-state index in [4.69, 9.17) is 14.0 Å². The number of piperidine rings is 1. The van der Waals surface area contributed by atoms with Crippen molar-refractivity contribution in [2.75, 3.05) is 26.4 Å². The van der Waals surface area contributed by atoms with Crippen LogP contribution in [-0.2, 0) is 9.57 Å². The largest absolute Gasteiger partial charge is 0.441 e. The molecule has 7 rings (SSSR count). The summed E-state index contributed by atoms with van der Waals surface area (Å²) in [5.74, 6) is 0.553. The summed E-state index contributed by atoms with van der Waals surface area (Å²) in [5, 5.41) is 4.49. The van der Waals surface area contributed by atoms with Crippen molar-refractivity contribution in [2.45, 2.75) is 19.4 Å². The zero-order valence-electron chi connectivity index (χ0n) is 19.7. The summed E-state index contributed by atoms with van der Waals surface area (Å²) in [6.07, 6.45) is 8.16. The molecule has 9 heteroatoms. The van der Waals surface area contributed by atoms with Gasteiger partial charge in [-0.05, 0) is 48.8 Å². The number of ether oxygens (including phenoxy) is 1. The summed E-state index contributed by atoms with van der Waals surface area (Å²) in [6.45, 7) is 4.57. The fraction of sp³-hybridized carbons (Fsp3) is 0.296. The third kappa shape index (κ3) is 3.42. The van der Waals surface area contributed by atoms with E-state index in [1.54, 1.807) is 6.33 Å². The number of benzene rings is 2. The molecule has 0 radical (unpaired) electrons. The van der Waals surface area contributed by atoms with Gasteiger partial charge in [-0.25, -0.2) is 14.4 Å². The van der Waals surface area contributed by atoms with E-state index in [-0.39, 0.29) is 17.3 Å². The topological polar surface area (TPSA) is 77.9 Å². The van der Waals surface area contributed by atoms with Crippen LogP contribution in [0.15, 0.2) is 70.5 Å². The fourth-order valence-electron chi connectivity index (χ4n) is 5.47. The van der Waals surface area contributed by atoms with Gasteiger partial charge in [0.2, 0.25) is 0 Å². The molecule has 4 aromatic rings. The van der Waals surface area contributed by atoms with Crippen LogP contribution in [0.25, 0.3) is 22.9 Å². The van der Waals surface area contributed by atoms with Crippen molar-refractivity contribution in [1.29, 1.82) is 0 Å². The molecule has 5 heterocycles. The maximum Gasteiger partial charge on any atom is 0.182 e. The third-order valence-corrected chi connectivity index (χ3v) is 7.28. The smallest absolute Gasteiger partial charge is 0.182 e. The summed E-state index contributed by atoms with van der Waals surface area (Å²) in [5.41, 5.74) is 6.29. The number of hydrogen-bond donors (Lipinski definition) is 0. The Hall–Kier alpha value is -3.98. The zero-order valence-corrected chi connectivity index (χ0v) is 19.7. The Labute approximate surface area is 206 Å². The van der Waals surface area contributed by atoms with Crippen molar-refractivity contribution in [3.63, 3.8) is 0 Å². The molecule has 36 heavy (non-hydrogen) atoms. The molecule has 0 amide bonds. The highest BCUT2D eigenvalue weighted by Gasteiger charge is 2.49. The monoisotopic (exact) mass is 485 g/mol. The number of amidine groups is 1. The molecular weight excluding hydrogens is 461 g/mol. The molecule has 1 unspecified atom stereocenters. The maximum atomic E-state index is 13.6. The fourth-order valence-corrected chi connectivity index (χ4v) is 5.47. The molecule has 3 aliphatic heterocycles. The number of oxazole rings is 1. The Morgan fingerprint density at radius 2 is 1.97 bits per heavy atom. The standard InChI is InChI=1S/C27H24FN5O3/c1-17-10-32(15-29-17)22-7-4-19(24-25(22)35-16-30-24)8-20-9-27(13-34-14-27)12-33-23(11-36-31-26(20)33)18-2-5-21(28)6-3-18/h2-8,10,15-16,23H,9,11-14H2,1H3. The van der Waals surface area contributed by atoms with Gasteiger partial charge in [0.05, 0.1) is 37.0 Å². The lowest BCUT2D eigenvalue weighted by Gasteiger charge is -2.52. The highest BCUT2D eigenvalue weighted by Crippen LogP contribution is 2.45. The van der Waals surface area contributed by atoms with Gasteiger partial charge in [0.1, 0.15) is 17.9 Å². The van der Waals surface area contributed by atoms with Gasteiger partial charge in [-0.3, -0.25) is 0 Å². The van der Waals surface area contributed by atoms with Gasteiger partial charge in [-0.15, -0.1) is 0 Å². The van der Waals surface area contributed by atoms with Gasteiger partial charge < -0.3 is 23.5 Å². The van der Waals surface area contributed by atoms with Crippen LogP contribution in [0.1, 0.15) is 29.3 Å². The van der Waals surface area contributed by atoms with Crippen molar-refractivity contribution in [3.05, 3.63) is 83.5 Å². The maximum absolute atomic E-state index is 13.6. The Morgan fingerprint density at radius 1 is 1.11 bits per heavy atom. The summed E-state index contributed by atoms with van der Waals surface area (Å²) < 4.78 is 27.0. The van der Waals surface area contributed by atoms with E-state index in [9.17, 15) is 4.39 Å². The van der Waals surface area contributed by atoms with Crippen LogP contribution in [0.3, 0.4) is 0 Å². The van der Waals surface area contributed by atoms with E-state index in [2.05, 4.69) is 26.1 Å². The van der Waals surface area contributed by atoms with Crippen LogP contribution in [0.4, 0.5) is 4.39 Å². The second-order valence-electron chi connectivity index (χ2n) is 9.87. The van der Waals surface area contributed by atoms with Crippen molar-refractivity contribution >= 4 is 23.0 Å². The summed E-state index contributed by atoms with van der Waals surface area (Å²) in [4.78, 5) is 16.9. The molecule has 0 bridgehead atoms. The van der Waals surface area contributed by atoms with Crippen LogP contribution < -0.4 is 0 Å². The van der Waals surface area contributed by atoms with Crippen LogP contribution >= 0.6 is 0 Å². The lowest BCUT2D eigenvalue weighted by Crippen LogP contribution is -2.58. The molecule has 1 atom stereocenters. The van der Waals surface area contributed by atoms with Crippen LogP contribution in [0.2, 0.25) is 0 Å². The Morgan fingerprint density at radius 3 is 2.72 bits per heavy atom. The predicted molar refractivity (Wildman–Crippen MR) is 131 cm³/mol. The van der Waals surface area contributed by atoms with Crippen molar-refractivity contribution in [3.8, 4) is 5.69 Å². The van der Waals surface area contributed by atoms with E-state index in [0.717, 1.165) is 52.4 Å². The van der Waals surface area contributed by atoms with Crippen molar-refractivity contribution in [2.24, 2.45) is 10.6 Å². The molecule has 0 saturated carbocycles. The van der Waals surface area contributed by atoms with Crippen molar-refractivity contribution in [1.82, 2.24) is 19.4 Å². The Balaban J connectivity index is 1.31. The van der Waals surface area contributed by atoms with E-state index in [1.807, 2.05) is 42.0 Å². The highest BCUT2D eigenvalue weighted by atomic mass is 19.1. The zero-order chi connectivity index (χ0) is 24.3. The normalized spacial score (nSPS) is 21.8. The third-order valence-electron chi connectivity index (χ3n) is 7.28. The summed E-state index contributed by atoms with van der Waals surface area (Å²) >= 11 is 0. The van der Waals surface area contributed by atoms with Crippen LogP contribution in [0, 0.1) is 18.2 Å². The average Bonchev–Trinajstić information content (AvgIpc) is 3.53. The minimum atomic E-state index is -0.251. The predicted octanol–water partition coefficient (Wildman–Crippen LogP) is 4.65. The van der Waals surface area contributed by atoms with E-state index in [1.165, 1.54) is 18.5 Å². The number of oxime groups is 1. The number of nitrogens with zero attached hydrogens (tertiary/aromatic N) is 5. The summed E-state index contributed by atoms with van der Waals surface area (Å²) in [7, 11) is 0. The number of aryl methyl sites for hydroxylation is 1. The van der Waals surface area contributed by atoms with Gasteiger partial charge in [-0.2, -0.15) is 0 Å². The van der Waals surface area contributed by atoms with Crippen molar-refractivity contribution < 1.29 is 18.4 Å². The first-order valence-electron chi connectivity index (χ1n) is 12.0. The molecule has 3 aliphatic rings. The van der Waals surface area contributed by atoms with E-state index >= 15 is 0 Å². The Kier molecular flexibility index (Phi) is 4.75. The second kappa shape index (κ2) is 8.03. The van der Waals surface area contributed by atoms with Gasteiger partial charge in [0.15, 0.2) is 17.8 Å². The number of hydrogen-bond acceptors (Lipinski definition) is 7. The number of fused-ring (bicyclic) bond motifs is 2. The Bertz CT molecular complexity index is 1520. The van der Waals surface area contributed by atoms with E-state index < -0.39 is 0 Å². The lowest BCUT2D eigenvalue weighted by atomic mass is 9.74. The lowest BCUT2D eigenvalue weighted by molar-refractivity contribution is -0.131. The average molecular weight is 486 g/mol. The van der Waals surface area contributed by atoms with Gasteiger partial charge >= 0.3 is 0 Å². The molecule has 0 N–H and O–H groups in total. The van der Waals surface area contributed by atoms with Gasteiger partial charge in [0, 0.05) is 23.7 Å². The molecule has 2 aromatic heterocycles. The van der Waals surface area contributed by atoms with Crippen LogP contribution in [0.5, 0.6) is 0 Å². The summed E-state index contributed by atoms with van der Waals surface area (Å²) in [6, 6.07) is 10.6. The quantitative estimate of drug-likeness (QED) is 0.420. The minimum absolute atomic E-state index is 0.0116. The number of aromatic nitrogens is 3. The number of rotatable bonds is 3.